The summed E-state index contributed by atoms with van der Waals surface area (Å²) in [5, 5.41) is 2.60. The molecule has 2 atom stereocenters. The zero-order valence-electron chi connectivity index (χ0n) is 14.1. The lowest BCUT2D eigenvalue weighted by Gasteiger charge is -2.40. The molecule has 2 amide bonds. The van der Waals surface area contributed by atoms with Gasteiger partial charge in [-0.1, -0.05) is 30.3 Å². The summed E-state index contributed by atoms with van der Waals surface area (Å²) in [4.78, 5) is 24.5. The quantitative estimate of drug-likeness (QED) is 0.848. The van der Waals surface area contributed by atoms with Crippen LogP contribution in [-0.4, -0.2) is 41.5 Å². The molecule has 25 heavy (non-hydrogen) atoms. The Morgan fingerprint density at radius 2 is 1.80 bits per heavy atom. The lowest BCUT2D eigenvalue weighted by molar-refractivity contribution is -0.195. The Labute approximate surface area is 144 Å². The van der Waals surface area contributed by atoms with Crippen molar-refractivity contribution in [1.29, 1.82) is 0 Å². The molecule has 4 nitrogen and oxygen atoms in total. The summed E-state index contributed by atoms with van der Waals surface area (Å²) in [5.41, 5.74) is 1.36. The summed E-state index contributed by atoms with van der Waals surface area (Å²) in [5.74, 6) is -1.02. The predicted octanol–water partition coefficient (Wildman–Crippen LogP) is 3.15. The van der Waals surface area contributed by atoms with Gasteiger partial charge < -0.3 is 10.2 Å². The van der Waals surface area contributed by atoms with Gasteiger partial charge in [-0.15, -0.1) is 0 Å². The lowest BCUT2D eigenvalue weighted by atomic mass is 9.97. The number of carbonyl (C=O) groups is 2. The largest absolute Gasteiger partial charge is 0.408 e. The molecule has 1 aromatic carbocycles. The fraction of sp³-hybridized carbons (Fsp3) is 0.444. The SMILES string of the molecule is CC(=O)NC1CCC(C(F)(F)F)N(C(=O)/C=C(\C)c2ccccc2)C1. The Morgan fingerprint density at radius 1 is 1.16 bits per heavy atom. The lowest BCUT2D eigenvalue weighted by Crippen LogP contribution is -2.57. The summed E-state index contributed by atoms with van der Waals surface area (Å²) in [6, 6.07) is 6.69. The van der Waals surface area contributed by atoms with Crippen molar-refractivity contribution in [3.05, 3.63) is 42.0 Å². The molecule has 0 radical (unpaired) electrons. The molecule has 1 aliphatic heterocycles. The van der Waals surface area contributed by atoms with Crippen molar-refractivity contribution in [2.24, 2.45) is 0 Å². The summed E-state index contributed by atoms with van der Waals surface area (Å²) in [6.45, 7) is 2.84. The smallest absolute Gasteiger partial charge is 0.352 e. The molecule has 1 fully saturated rings. The van der Waals surface area contributed by atoms with Crippen molar-refractivity contribution >= 4 is 17.4 Å². The zero-order valence-corrected chi connectivity index (χ0v) is 14.1. The molecule has 0 saturated carbocycles. The van der Waals surface area contributed by atoms with Gasteiger partial charge in [0.2, 0.25) is 11.8 Å². The minimum atomic E-state index is -4.49. The van der Waals surface area contributed by atoms with Gasteiger partial charge in [0, 0.05) is 25.6 Å². The van der Waals surface area contributed by atoms with Crippen molar-refractivity contribution in [2.75, 3.05) is 6.54 Å². The Bertz CT molecular complexity index is 656. The van der Waals surface area contributed by atoms with E-state index in [1.54, 1.807) is 31.2 Å². The standard InChI is InChI=1S/C18H21F3N2O2/c1-12(14-6-4-3-5-7-14)10-17(25)23-11-15(22-13(2)24)8-9-16(23)18(19,20)21/h3-7,10,15-16H,8-9,11H2,1-2H3,(H,22,24)/b12-10+. The van der Waals surface area contributed by atoms with Gasteiger partial charge in [0.25, 0.3) is 0 Å². The molecule has 7 heteroatoms. The molecule has 0 aromatic heterocycles. The van der Waals surface area contributed by atoms with Gasteiger partial charge in [0.15, 0.2) is 0 Å². The number of allylic oxidation sites excluding steroid dienone is 1. The van der Waals surface area contributed by atoms with E-state index in [9.17, 15) is 22.8 Å². The number of rotatable bonds is 3. The number of hydrogen-bond donors (Lipinski definition) is 1. The van der Waals surface area contributed by atoms with E-state index < -0.39 is 24.2 Å². The molecule has 1 heterocycles. The second-order valence-corrected chi connectivity index (χ2v) is 6.22. The summed E-state index contributed by atoms with van der Waals surface area (Å²) < 4.78 is 39.9. The molecule has 1 saturated heterocycles. The van der Waals surface area contributed by atoms with Crippen LogP contribution in [0.25, 0.3) is 5.57 Å². The molecular weight excluding hydrogens is 333 g/mol. The maximum absolute atomic E-state index is 13.3. The van der Waals surface area contributed by atoms with Crippen molar-refractivity contribution in [3.63, 3.8) is 0 Å². The van der Waals surface area contributed by atoms with Crippen molar-refractivity contribution < 1.29 is 22.8 Å². The highest BCUT2D eigenvalue weighted by Gasteiger charge is 2.47. The first-order valence-electron chi connectivity index (χ1n) is 8.06. The van der Waals surface area contributed by atoms with Crippen LogP contribution in [0.5, 0.6) is 0 Å². The number of benzene rings is 1. The highest BCUT2D eigenvalue weighted by Crippen LogP contribution is 2.32. The Balaban J connectivity index is 2.22. The van der Waals surface area contributed by atoms with Gasteiger partial charge in [0.1, 0.15) is 6.04 Å². The molecule has 1 aromatic rings. The average Bonchev–Trinajstić information content (AvgIpc) is 2.54. The van der Waals surface area contributed by atoms with Crippen LogP contribution in [0.4, 0.5) is 13.2 Å². The maximum Gasteiger partial charge on any atom is 0.408 e. The third kappa shape index (κ3) is 5.08. The van der Waals surface area contributed by atoms with Crippen LogP contribution in [0.3, 0.4) is 0 Å². The Kier molecular flexibility index (Phi) is 5.87. The van der Waals surface area contributed by atoms with Gasteiger partial charge in [-0.25, -0.2) is 0 Å². The fourth-order valence-electron chi connectivity index (χ4n) is 3.01. The third-order valence-electron chi connectivity index (χ3n) is 4.22. The second-order valence-electron chi connectivity index (χ2n) is 6.22. The fourth-order valence-corrected chi connectivity index (χ4v) is 3.01. The number of likely N-dealkylation sites (tertiary alicyclic amines) is 1. The molecule has 0 aliphatic carbocycles. The predicted molar refractivity (Wildman–Crippen MR) is 88.5 cm³/mol. The van der Waals surface area contributed by atoms with E-state index in [0.717, 1.165) is 10.5 Å². The number of halogens is 3. The minimum absolute atomic E-state index is 0.152. The van der Waals surface area contributed by atoms with Gasteiger partial charge in [-0.3, -0.25) is 9.59 Å². The van der Waals surface area contributed by atoms with Crippen LogP contribution in [0.2, 0.25) is 0 Å². The number of amides is 2. The topological polar surface area (TPSA) is 49.4 Å². The monoisotopic (exact) mass is 354 g/mol. The highest BCUT2D eigenvalue weighted by molar-refractivity contribution is 5.95. The van der Waals surface area contributed by atoms with E-state index in [2.05, 4.69) is 5.32 Å². The molecule has 1 aliphatic rings. The number of nitrogens with one attached hydrogen (secondary N) is 1. The third-order valence-corrected chi connectivity index (χ3v) is 4.22. The van der Waals surface area contributed by atoms with Crippen LogP contribution in [0.1, 0.15) is 32.3 Å². The van der Waals surface area contributed by atoms with Crippen molar-refractivity contribution in [3.8, 4) is 0 Å². The molecule has 136 valence electrons. The number of hydrogen-bond acceptors (Lipinski definition) is 2. The van der Waals surface area contributed by atoms with Crippen LogP contribution < -0.4 is 5.32 Å². The number of alkyl halides is 3. The molecule has 2 unspecified atom stereocenters. The van der Waals surface area contributed by atoms with Crippen molar-refractivity contribution in [1.82, 2.24) is 10.2 Å². The van der Waals surface area contributed by atoms with E-state index >= 15 is 0 Å². The molecule has 1 N–H and O–H groups in total. The Morgan fingerprint density at radius 3 is 2.36 bits per heavy atom. The molecule has 0 bridgehead atoms. The molecule has 2 rings (SSSR count). The number of piperidine rings is 1. The summed E-state index contributed by atoms with van der Waals surface area (Å²) in [6.07, 6.45) is -3.30. The van der Waals surface area contributed by atoms with E-state index in [0.29, 0.717) is 5.57 Å². The van der Waals surface area contributed by atoms with E-state index in [-0.39, 0.29) is 25.3 Å². The summed E-state index contributed by atoms with van der Waals surface area (Å²) in [7, 11) is 0. The molecular formula is C18H21F3N2O2. The normalized spacial score (nSPS) is 21.8. The van der Waals surface area contributed by atoms with E-state index in [1.165, 1.54) is 13.0 Å². The van der Waals surface area contributed by atoms with Gasteiger partial charge in [-0.2, -0.15) is 13.2 Å². The van der Waals surface area contributed by atoms with Gasteiger partial charge in [0.05, 0.1) is 0 Å². The van der Waals surface area contributed by atoms with E-state index in [1.807, 2.05) is 6.07 Å². The first-order valence-corrected chi connectivity index (χ1v) is 8.06. The molecule has 0 spiro atoms. The maximum atomic E-state index is 13.3. The van der Waals surface area contributed by atoms with Gasteiger partial charge >= 0.3 is 6.18 Å². The number of nitrogens with zero attached hydrogens (tertiary/aromatic N) is 1. The number of carbonyl (C=O) groups excluding carboxylic acids is 2. The second kappa shape index (κ2) is 7.72. The minimum Gasteiger partial charge on any atom is -0.352 e. The highest BCUT2D eigenvalue weighted by atomic mass is 19.4. The first kappa shape index (κ1) is 19.0. The summed E-state index contributed by atoms with van der Waals surface area (Å²) >= 11 is 0. The van der Waals surface area contributed by atoms with Crippen LogP contribution in [0.15, 0.2) is 36.4 Å². The van der Waals surface area contributed by atoms with E-state index in [4.69, 9.17) is 0 Å². The average molecular weight is 354 g/mol. The van der Waals surface area contributed by atoms with Crippen LogP contribution >= 0.6 is 0 Å². The first-order chi connectivity index (χ1) is 11.7. The van der Waals surface area contributed by atoms with Crippen LogP contribution in [-0.2, 0) is 9.59 Å². The van der Waals surface area contributed by atoms with Gasteiger partial charge in [-0.05, 0) is 30.9 Å². The zero-order chi connectivity index (χ0) is 18.6. The van der Waals surface area contributed by atoms with Crippen LogP contribution in [0, 0.1) is 0 Å². The van der Waals surface area contributed by atoms with Crippen molar-refractivity contribution in [2.45, 2.75) is 44.9 Å². The Hall–Kier alpha value is -2.31.